The Morgan fingerprint density at radius 2 is 1.96 bits per heavy atom. The molecule has 0 radical (unpaired) electrons. The second kappa shape index (κ2) is 8.13. The van der Waals surface area contributed by atoms with Crippen LogP contribution < -0.4 is 5.32 Å². The van der Waals surface area contributed by atoms with Crippen LogP contribution in [0, 0.1) is 11.3 Å². The molecule has 1 aliphatic heterocycles. The van der Waals surface area contributed by atoms with Gasteiger partial charge >= 0.3 is 0 Å². The van der Waals surface area contributed by atoms with Crippen molar-refractivity contribution < 1.29 is 14.3 Å². The third-order valence-electron chi connectivity index (χ3n) is 4.89. The number of nitrogens with one attached hydrogen (secondary N) is 1. The Morgan fingerprint density at radius 3 is 2.64 bits per heavy atom. The third-order valence-corrected chi connectivity index (χ3v) is 4.89. The van der Waals surface area contributed by atoms with E-state index in [0.717, 1.165) is 12.8 Å². The quantitative estimate of drug-likeness (QED) is 0.912. The highest BCUT2D eigenvalue weighted by Crippen LogP contribution is 2.25. The van der Waals surface area contributed by atoms with Gasteiger partial charge in [-0.05, 0) is 37.1 Å². The van der Waals surface area contributed by atoms with Crippen LogP contribution >= 0.6 is 0 Å². The molecule has 2 aliphatic rings. The minimum atomic E-state index is -0.700. The van der Waals surface area contributed by atoms with Crippen molar-refractivity contribution in [1.82, 2.24) is 4.90 Å². The zero-order valence-corrected chi connectivity index (χ0v) is 14.2. The van der Waals surface area contributed by atoms with E-state index in [0.29, 0.717) is 30.4 Å². The van der Waals surface area contributed by atoms with Gasteiger partial charge < -0.3 is 15.0 Å². The van der Waals surface area contributed by atoms with E-state index in [-0.39, 0.29) is 18.2 Å². The van der Waals surface area contributed by atoms with E-state index in [1.54, 1.807) is 24.3 Å². The number of anilines is 1. The molecular weight excluding hydrogens is 318 g/mol. The monoisotopic (exact) mass is 341 g/mol. The van der Waals surface area contributed by atoms with E-state index in [4.69, 9.17) is 10.00 Å². The van der Waals surface area contributed by atoms with E-state index in [9.17, 15) is 9.59 Å². The van der Waals surface area contributed by atoms with Gasteiger partial charge in [0.05, 0.1) is 24.7 Å². The van der Waals surface area contributed by atoms with E-state index < -0.39 is 6.10 Å². The average molecular weight is 341 g/mol. The van der Waals surface area contributed by atoms with Crippen molar-refractivity contribution in [2.45, 2.75) is 50.7 Å². The number of ether oxygens (including phenoxy) is 1. The summed E-state index contributed by atoms with van der Waals surface area (Å²) in [4.78, 5) is 26.8. The van der Waals surface area contributed by atoms with Gasteiger partial charge in [0.1, 0.15) is 6.10 Å². The van der Waals surface area contributed by atoms with Gasteiger partial charge in [0.25, 0.3) is 5.91 Å². The van der Waals surface area contributed by atoms with Gasteiger partial charge in [0, 0.05) is 18.3 Å². The molecule has 6 nitrogen and oxygen atoms in total. The van der Waals surface area contributed by atoms with Gasteiger partial charge in [0.2, 0.25) is 5.91 Å². The summed E-state index contributed by atoms with van der Waals surface area (Å²) in [5, 5.41) is 11.5. The highest BCUT2D eigenvalue weighted by atomic mass is 16.5. The summed E-state index contributed by atoms with van der Waals surface area (Å²) in [6.07, 6.45) is 4.99. The van der Waals surface area contributed by atoms with Crippen LogP contribution in [0.25, 0.3) is 0 Å². The van der Waals surface area contributed by atoms with Gasteiger partial charge in [-0.1, -0.05) is 19.3 Å². The molecule has 1 aromatic carbocycles. The molecule has 1 aromatic rings. The zero-order chi connectivity index (χ0) is 17.6. The van der Waals surface area contributed by atoms with E-state index in [2.05, 4.69) is 5.32 Å². The predicted octanol–water partition coefficient (Wildman–Crippen LogP) is 2.45. The molecule has 0 aromatic heterocycles. The molecule has 0 bridgehead atoms. The highest BCUT2D eigenvalue weighted by Gasteiger charge is 2.35. The predicted molar refractivity (Wildman–Crippen MR) is 92.7 cm³/mol. The van der Waals surface area contributed by atoms with Gasteiger partial charge in [-0.15, -0.1) is 0 Å². The van der Waals surface area contributed by atoms with Crippen LogP contribution in [0.5, 0.6) is 0 Å². The molecule has 132 valence electrons. The first-order chi connectivity index (χ1) is 12.2. The Bertz CT molecular complexity index is 659. The second-order valence-electron chi connectivity index (χ2n) is 6.62. The average Bonchev–Trinajstić information content (AvgIpc) is 2.65. The number of nitriles is 1. The van der Waals surface area contributed by atoms with Gasteiger partial charge in [-0.25, -0.2) is 0 Å². The van der Waals surface area contributed by atoms with Crippen LogP contribution in [0.15, 0.2) is 24.3 Å². The van der Waals surface area contributed by atoms with Crippen LogP contribution in [0.4, 0.5) is 5.69 Å². The van der Waals surface area contributed by atoms with Crippen LogP contribution in [-0.2, 0) is 14.3 Å². The maximum absolute atomic E-state index is 12.7. The minimum absolute atomic E-state index is 0.0159. The Labute approximate surface area is 147 Å². The normalized spacial score (nSPS) is 21.6. The molecule has 0 spiro atoms. The van der Waals surface area contributed by atoms with Crippen molar-refractivity contribution in [3.63, 3.8) is 0 Å². The maximum Gasteiger partial charge on any atom is 0.252 e. The molecule has 1 atom stereocenters. The number of hydrogen-bond donors (Lipinski definition) is 1. The van der Waals surface area contributed by atoms with Crippen LogP contribution in [0.1, 0.15) is 44.1 Å². The van der Waals surface area contributed by atoms with Crippen molar-refractivity contribution in [2.24, 2.45) is 0 Å². The summed E-state index contributed by atoms with van der Waals surface area (Å²) in [5.74, 6) is -0.318. The number of morpholine rings is 1. The summed E-state index contributed by atoms with van der Waals surface area (Å²) in [6, 6.07) is 8.97. The number of carbonyl (C=O) groups excluding carboxylic acids is 2. The first kappa shape index (κ1) is 17.4. The van der Waals surface area contributed by atoms with Crippen molar-refractivity contribution in [3.05, 3.63) is 29.8 Å². The molecular formula is C19H23N3O3. The molecule has 1 heterocycles. The fourth-order valence-electron chi connectivity index (χ4n) is 3.57. The topological polar surface area (TPSA) is 82.4 Å². The molecule has 1 saturated heterocycles. The zero-order valence-electron chi connectivity index (χ0n) is 14.2. The SMILES string of the molecule is N#Cc1ccc(NC(=O)CC2OCCN(C3CCCCC3)C2=O)cc1. The summed E-state index contributed by atoms with van der Waals surface area (Å²) < 4.78 is 5.56. The Balaban J connectivity index is 1.56. The van der Waals surface area contributed by atoms with E-state index in [1.165, 1.54) is 19.3 Å². The van der Waals surface area contributed by atoms with Crippen molar-refractivity contribution in [1.29, 1.82) is 5.26 Å². The first-order valence-electron chi connectivity index (χ1n) is 8.89. The van der Waals surface area contributed by atoms with Crippen LogP contribution in [-0.4, -0.2) is 42.0 Å². The number of carbonyl (C=O) groups is 2. The molecule has 1 N–H and O–H groups in total. The second-order valence-corrected chi connectivity index (χ2v) is 6.62. The summed E-state index contributed by atoms with van der Waals surface area (Å²) in [5.41, 5.74) is 1.14. The molecule has 2 fully saturated rings. The van der Waals surface area contributed by atoms with Crippen LogP contribution in [0.3, 0.4) is 0 Å². The number of amides is 2. The maximum atomic E-state index is 12.7. The minimum Gasteiger partial charge on any atom is -0.366 e. The molecule has 1 unspecified atom stereocenters. The lowest BCUT2D eigenvalue weighted by atomic mass is 9.93. The molecule has 1 saturated carbocycles. The van der Waals surface area contributed by atoms with Crippen LogP contribution in [0.2, 0.25) is 0 Å². The van der Waals surface area contributed by atoms with E-state index >= 15 is 0 Å². The fraction of sp³-hybridized carbons (Fsp3) is 0.526. The fourth-order valence-corrected chi connectivity index (χ4v) is 3.57. The van der Waals surface area contributed by atoms with Gasteiger partial charge in [0.15, 0.2) is 0 Å². The van der Waals surface area contributed by atoms with Crippen molar-refractivity contribution >= 4 is 17.5 Å². The van der Waals surface area contributed by atoms with E-state index in [1.807, 2.05) is 11.0 Å². The number of rotatable bonds is 4. The molecule has 25 heavy (non-hydrogen) atoms. The lowest BCUT2D eigenvalue weighted by molar-refractivity contribution is -0.159. The standard InChI is InChI=1S/C19H23N3O3/c20-13-14-6-8-15(9-7-14)21-18(23)12-17-19(24)22(10-11-25-17)16-4-2-1-3-5-16/h6-9,16-17H,1-5,10-12H2,(H,21,23). The first-order valence-corrected chi connectivity index (χ1v) is 8.89. The summed E-state index contributed by atoms with van der Waals surface area (Å²) in [7, 11) is 0. The molecule has 6 heteroatoms. The number of benzene rings is 1. The highest BCUT2D eigenvalue weighted by molar-refractivity contribution is 5.95. The van der Waals surface area contributed by atoms with Gasteiger partial charge in [-0.3, -0.25) is 9.59 Å². The lowest BCUT2D eigenvalue weighted by Gasteiger charge is -2.39. The largest absolute Gasteiger partial charge is 0.366 e. The summed E-state index contributed by atoms with van der Waals surface area (Å²) >= 11 is 0. The van der Waals surface area contributed by atoms with Crippen molar-refractivity contribution in [3.8, 4) is 6.07 Å². The lowest BCUT2D eigenvalue weighted by Crippen LogP contribution is -2.53. The molecule has 2 amide bonds. The molecule has 1 aliphatic carbocycles. The number of hydrogen-bond acceptors (Lipinski definition) is 4. The number of nitrogens with zero attached hydrogens (tertiary/aromatic N) is 2. The molecule has 3 rings (SSSR count). The van der Waals surface area contributed by atoms with Crippen molar-refractivity contribution in [2.75, 3.05) is 18.5 Å². The smallest absolute Gasteiger partial charge is 0.252 e. The van der Waals surface area contributed by atoms with Gasteiger partial charge in [-0.2, -0.15) is 5.26 Å². The summed E-state index contributed by atoms with van der Waals surface area (Å²) in [6.45, 7) is 1.11. The third kappa shape index (κ3) is 4.37. The Kier molecular flexibility index (Phi) is 5.67. The Morgan fingerprint density at radius 1 is 1.24 bits per heavy atom. The Hall–Kier alpha value is -2.39.